The summed E-state index contributed by atoms with van der Waals surface area (Å²) in [5, 5.41) is 1.68. The summed E-state index contributed by atoms with van der Waals surface area (Å²) < 4.78 is 15.1. The second-order valence-electron chi connectivity index (χ2n) is 4.86. The summed E-state index contributed by atoms with van der Waals surface area (Å²) in [4.78, 5) is 34.4. The van der Waals surface area contributed by atoms with Crippen molar-refractivity contribution in [3.8, 4) is 5.75 Å². The van der Waals surface area contributed by atoms with Crippen LogP contribution in [0.3, 0.4) is 0 Å². The third kappa shape index (κ3) is 5.85. The van der Waals surface area contributed by atoms with E-state index in [0.29, 0.717) is 5.56 Å². The van der Waals surface area contributed by atoms with E-state index < -0.39 is 7.82 Å². The van der Waals surface area contributed by atoms with Crippen LogP contribution in [0.25, 0.3) is 0 Å². The number of benzene rings is 1. The van der Waals surface area contributed by atoms with Gasteiger partial charge >= 0.3 is 13.8 Å². The summed E-state index contributed by atoms with van der Waals surface area (Å²) in [6.07, 6.45) is 3.32. The Kier molecular flexibility index (Phi) is 5.36. The monoisotopic (exact) mass is 315 g/mol. The summed E-state index contributed by atoms with van der Waals surface area (Å²) in [7, 11) is -4.55. The van der Waals surface area contributed by atoms with Crippen LogP contribution in [0.4, 0.5) is 0 Å². The molecule has 21 heavy (non-hydrogen) atoms. The number of nitrogens with zero attached hydrogens (tertiary/aromatic N) is 1. The molecule has 1 aliphatic rings. The summed E-state index contributed by atoms with van der Waals surface area (Å²) in [6, 6.07) is 5.95. The smallest absolute Gasteiger partial charge is 0.404 e. The van der Waals surface area contributed by atoms with Crippen LogP contribution in [-0.4, -0.2) is 33.9 Å². The predicted molar refractivity (Wildman–Crippen MR) is 74.3 cm³/mol. The molecule has 0 radical (unpaired) electrons. The standard InChI is InChI=1S/C13H18NO6P/c15-13(19-14-8-2-1-3-9-14)10-11-4-6-12(7-5-11)20-21(16,17)18/h4-7H,1-3,8-10H2,(H2,16,17,18). The third-order valence-corrected chi connectivity index (χ3v) is 3.49. The van der Waals surface area contributed by atoms with Gasteiger partial charge in [0.15, 0.2) is 0 Å². The Morgan fingerprint density at radius 3 is 2.33 bits per heavy atom. The van der Waals surface area contributed by atoms with Gasteiger partial charge in [-0.2, -0.15) is 0 Å². The van der Waals surface area contributed by atoms with Crippen LogP contribution in [-0.2, 0) is 20.6 Å². The van der Waals surface area contributed by atoms with E-state index in [9.17, 15) is 9.36 Å². The lowest BCUT2D eigenvalue weighted by molar-refractivity contribution is -0.193. The molecule has 1 aliphatic heterocycles. The zero-order chi connectivity index (χ0) is 15.3. The molecule has 0 unspecified atom stereocenters. The minimum Gasteiger partial charge on any atom is -0.404 e. The number of hydroxylamine groups is 2. The molecular weight excluding hydrogens is 297 g/mol. The third-order valence-electron chi connectivity index (χ3n) is 3.04. The van der Waals surface area contributed by atoms with Crippen LogP contribution in [0.1, 0.15) is 24.8 Å². The fourth-order valence-electron chi connectivity index (χ4n) is 2.10. The van der Waals surface area contributed by atoms with E-state index >= 15 is 0 Å². The van der Waals surface area contributed by atoms with E-state index in [2.05, 4.69) is 4.52 Å². The van der Waals surface area contributed by atoms with Gasteiger partial charge < -0.3 is 9.36 Å². The van der Waals surface area contributed by atoms with Crippen molar-refractivity contribution in [2.24, 2.45) is 0 Å². The molecule has 1 aromatic carbocycles. The summed E-state index contributed by atoms with van der Waals surface area (Å²) >= 11 is 0. The molecule has 1 aromatic rings. The van der Waals surface area contributed by atoms with Gasteiger partial charge in [0, 0.05) is 13.1 Å². The molecule has 0 saturated carbocycles. The topological polar surface area (TPSA) is 96.3 Å². The van der Waals surface area contributed by atoms with Crippen LogP contribution >= 0.6 is 7.82 Å². The normalized spacial score (nSPS) is 16.5. The van der Waals surface area contributed by atoms with Gasteiger partial charge in [-0.1, -0.05) is 18.6 Å². The molecule has 2 N–H and O–H groups in total. The second-order valence-corrected chi connectivity index (χ2v) is 6.02. The molecule has 0 aliphatic carbocycles. The van der Waals surface area contributed by atoms with Crippen LogP contribution in [0, 0.1) is 0 Å². The highest BCUT2D eigenvalue weighted by Gasteiger charge is 2.17. The number of piperidine rings is 1. The molecule has 7 nitrogen and oxygen atoms in total. The number of rotatable bonds is 5. The van der Waals surface area contributed by atoms with E-state index in [0.717, 1.165) is 32.4 Å². The lowest BCUT2D eigenvalue weighted by Gasteiger charge is -2.24. The maximum Gasteiger partial charge on any atom is 0.524 e. The van der Waals surface area contributed by atoms with E-state index in [1.807, 2.05) is 0 Å². The first-order chi connectivity index (χ1) is 9.92. The first kappa shape index (κ1) is 16.0. The highest BCUT2D eigenvalue weighted by molar-refractivity contribution is 7.46. The number of hydrogen-bond acceptors (Lipinski definition) is 5. The highest BCUT2D eigenvalue weighted by atomic mass is 31.2. The average molecular weight is 315 g/mol. The van der Waals surface area contributed by atoms with Gasteiger partial charge in [-0.15, -0.1) is 5.06 Å². The van der Waals surface area contributed by atoms with Gasteiger partial charge in [-0.05, 0) is 30.5 Å². The SMILES string of the molecule is O=C(Cc1ccc(OP(=O)(O)O)cc1)ON1CCCCC1. The van der Waals surface area contributed by atoms with Crippen molar-refractivity contribution in [1.29, 1.82) is 0 Å². The molecule has 0 aromatic heterocycles. The molecule has 8 heteroatoms. The van der Waals surface area contributed by atoms with Crippen molar-refractivity contribution in [3.63, 3.8) is 0 Å². The van der Waals surface area contributed by atoms with Crippen molar-refractivity contribution in [2.45, 2.75) is 25.7 Å². The van der Waals surface area contributed by atoms with Gasteiger partial charge in [0.05, 0.1) is 6.42 Å². The van der Waals surface area contributed by atoms with E-state index in [1.165, 1.54) is 12.1 Å². The molecule has 0 amide bonds. The van der Waals surface area contributed by atoms with Gasteiger partial charge in [-0.25, -0.2) is 9.36 Å². The van der Waals surface area contributed by atoms with E-state index in [4.69, 9.17) is 14.6 Å². The van der Waals surface area contributed by atoms with Crippen LogP contribution in [0.5, 0.6) is 5.75 Å². The maximum atomic E-state index is 11.8. The van der Waals surface area contributed by atoms with Crippen LogP contribution in [0.2, 0.25) is 0 Å². The molecule has 1 saturated heterocycles. The van der Waals surface area contributed by atoms with Crippen LogP contribution in [0.15, 0.2) is 24.3 Å². The van der Waals surface area contributed by atoms with Gasteiger partial charge in [0.25, 0.3) is 0 Å². The Bertz CT molecular complexity index is 520. The first-order valence-corrected chi connectivity index (χ1v) is 8.25. The molecule has 0 spiro atoms. The molecule has 0 atom stereocenters. The van der Waals surface area contributed by atoms with Crippen LogP contribution < -0.4 is 4.52 Å². The van der Waals surface area contributed by atoms with Gasteiger partial charge in [0.1, 0.15) is 5.75 Å². The molecule has 2 rings (SSSR count). The summed E-state index contributed by atoms with van der Waals surface area (Å²) in [5.41, 5.74) is 0.690. The molecule has 1 fully saturated rings. The molecular formula is C13H18NO6P. The van der Waals surface area contributed by atoms with E-state index in [-0.39, 0.29) is 18.1 Å². The van der Waals surface area contributed by atoms with E-state index in [1.54, 1.807) is 17.2 Å². The van der Waals surface area contributed by atoms with Gasteiger partial charge in [-0.3, -0.25) is 9.79 Å². The Morgan fingerprint density at radius 2 is 1.76 bits per heavy atom. The number of carbonyl (C=O) groups excluding carboxylic acids is 1. The van der Waals surface area contributed by atoms with Gasteiger partial charge in [0.2, 0.25) is 0 Å². The molecule has 116 valence electrons. The van der Waals surface area contributed by atoms with Crippen molar-refractivity contribution < 1.29 is 28.5 Å². The van der Waals surface area contributed by atoms with Crippen molar-refractivity contribution >= 4 is 13.8 Å². The number of carbonyl (C=O) groups is 1. The van der Waals surface area contributed by atoms with Crippen molar-refractivity contribution in [2.75, 3.05) is 13.1 Å². The predicted octanol–water partition coefficient (Wildman–Crippen LogP) is 1.64. The fourth-order valence-corrected chi connectivity index (χ4v) is 2.50. The largest absolute Gasteiger partial charge is 0.524 e. The minimum absolute atomic E-state index is 0.0523. The Morgan fingerprint density at radius 1 is 1.14 bits per heavy atom. The fraction of sp³-hybridized carbons (Fsp3) is 0.462. The lowest BCUT2D eigenvalue weighted by atomic mass is 10.1. The summed E-state index contributed by atoms with van der Waals surface area (Å²) in [5.74, 6) is -0.294. The number of hydrogen-bond donors (Lipinski definition) is 2. The average Bonchev–Trinajstić information content (AvgIpc) is 2.40. The summed E-state index contributed by atoms with van der Waals surface area (Å²) in [6.45, 7) is 1.53. The number of phosphoric acid groups is 1. The van der Waals surface area contributed by atoms with Crippen molar-refractivity contribution in [3.05, 3.63) is 29.8 Å². The zero-order valence-corrected chi connectivity index (χ0v) is 12.4. The Hall–Kier alpha value is -1.40. The minimum atomic E-state index is -4.55. The number of phosphoric ester groups is 1. The highest BCUT2D eigenvalue weighted by Crippen LogP contribution is 2.37. The lowest BCUT2D eigenvalue weighted by Crippen LogP contribution is -2.32. The molecule has 0 bridgehead atoms. The second kappa shape index (κ2) is 7.04. The Balaban J connectivity index is 1.84. The quantitative estimate of drug-likeness (QED) is 0.797. The zero-order valence-electron chi connectivity index (χ0n) is 11.5. The van der Waals surface area contributed by atoms with Crippen molar-refractivity contribution in [1.82, 2.24) is 5.06 Å². The first-order valence-electron chi connectivity index (χ1n) is 6.72. The molecule has 1 heterocycles. The maximum absolute atomic E-state index is 11.8. The Labute approximate surface area is 122 Å².